The molecule has 72 valence electrons. The van der Waals surface area contributed by atoms with Gasteiger partial charge in [0, 0.05) is 0 Å². The Hall–Kier alpha value is -0.100. The molecule has 1 heterocycles. The lowest BCUT2D eigenvalue weighted by Crippen LogP contribution is -2.04. The molecule has 0 fully saturated rings. The van der Waals surface area contributed by atoms with Crippen LogP contribution in [0, 0.1) is 0 Å². The van der Waals surface area contributed by atoms with Crippen molar-refractivity contribution in [2.24, 2.45) is 0 Å². The second-order valence-electron chi connectivity index (χ2n) is 2.51. The fraction of sp³-hybridized carbons (Fsp3) is 0.444. The van der Waals surface area contributed by atoms with Crippen LogP contribution in [0.5, 0.6) is 0 Å². The number of esters is 1. The van der Waals surface area contributed by atoms with Crippen LogP contribution in [-0.4, -0.2) is 17.0 Å². The van der Waals surface area contributed by atoms with Crippen molar-refractivity contribution in [2.75, 3.05) is 11.0 Å². The van der Waals surface area contributed by atoms with Crippen LogP contribution in [0.2, 0.25) is 0 Å². The lowest BCUT2D eigenvalue weighted by atomic mass is 10.4. The average molecular weight is 310 g/mol. The van der Waals surface area contributed by atoms with E-state index in [9.17, 15) is 4.79 Å². The Morgan fingerprint density at radius 1 is 1.54 bits per heavy atom. The monoisotopic (exact) mass is 310 g/mol. The lowest BCUT2D eigenvalue weighted by Gasteiger charge is -2.01. The summed E-state index contributed by atoms with van der Waals surface area (Å²) in [5, 5.41) is 1.88. The van der Waals surface area contributed by atoms with E-state index in [2.05, 4.69) is 22.6 Å². The van der Waals surface area contributed by atoms with E-state index in [0.29, 0.717) is 11.5 Å². The molecule has 0 atom stereocenters. The first-order valence-corrected chi connectivity index (χ1v) is 6.51. The van der Waals surface area contributed by atoms with Gasteiger partial charge in [-0.1, -0.05) is 28.7 Å². The van der Waals surface area contributed by atoms with E-state index in [1.807, 2.05) is 11.4 Å². The number of carbonyl (C=O) groups excluding carboxylic acids is 1. The van der Waals surface area contributed by atoms with E-state index in [1.54, 1.807) is 6.07 Å². The normalized spacial score (nSPS) is 9.92. The highest BCUT2D eigenvalue weighted by Crippen LogP contribution is 2.10. The summed E-state index contributed by atoms with van der Waals surface area (Å²) in [5.41, 5.74) is 0. The fourth-order valence-electron chi connectivity index (χ4n) is 0.827. The number of carbonyl (C=O) groups is 1. The van der Waals surface area contributed by atoms with Gasteiger partial charge in [-0.3, -0.25) is 0 Å². The van der Waals surface area contributed by atoms with Crippen LogP contribution >= 0.6 is 33.9 Å². The quantitative estimate of drug-likeness (QED) is 0.361. The minimum Gasteiger partial charge on any atom is -0.462 e. The number of unbranched alkanes of at least 4 members (excludes halogenated alkanes) is 1. The number of halogens is 1. The van der Waals surface area contributed by atoms with Crippen molar-refractivity contribution in [3.8, 4) is 0 Å². The zero-order chi connectivity index (χ0) is 9.52. The molecular formula is C9H11IO2S. The zero-order valence-corrected chi connectivity index (χ0v) is 10.1. The molecular weight excluding hydrogens is 299 g/mol. The van der Waals surface area contributed by atoms with Crippen molar-refractivity contribution >= 4 is 39.9 Å². The average Bonchev–Trinajstić information content (AvgIpc) is 2.65. The third-order valence-corrected chi connectivity index (χ3v) is 3.10. The van der Waals surface area contributed by atoms with E-state index >= 15 is 0 Å². The smallest absolute Gasteiger partial charge is 0.348 e. The first-order chi connectivity index (χ1) is 6.34. The molecule has 0 bridgehead atoms. The van der Waals surface area contributed by atoms with Gasteiger partial charge in [-0.05, 0) is 28.7 Å². The maximum Gasteiger partial charge on any atom is 0.348 e. The van der Waals surface area contributed by atoms with Gasteiger partial charge in [0.1, 0.15) is 4.88 Å². The van der Waals surface area contributed by atoms with Gasteiger partial charge < -0.3 is 4.74 Å². The maximum atomic E-state index is 11.3. The molecule has 0 saturated carbocycles. The highest BCUT2D eigenvalue weighted by molar-refractivity contribution is 14.1. The summed E-state index contributed by atoms with van der Waals surface area (Å²) in [6.07, 6.45) is 2.07. The van der Waals surface area contributed by atoms with E-state index in [0.717, 1.165) is 17.3 Å². The molecule has 0 aliphatic carbocycles. The van der Waals surface area contributed by atoms with E-state index < -0.39 is 0 Å². The Morgan fingerprint density at radius 3 is 3.00 bits per heavy atom. The van der Waals surface area contributed by atoms with Crippen molar-refractivity contribution in [3.05, 3.63) is 22.4 Å². The highest BCUT2D eigenvalue weighted by atomic mass is 127. The first kappa shape index (κ1) is 11.0. The fourth-order valence-corrected chi connectivity index (χ4v) is 1.98. The maximum absolute atomic E-state index is 11.3. The first-order valence-electron chi connectivity index (χ1n) is 4.11. The van der Waals surface area contributed by atoms with Crippen molar-refractivity contribution < 1.29 is 9.53 Å². The molecule has 0 unspecified atom stereocenters. The van der Waals surface area contributed by atoms with E-state index in [1.165, 1.54) is 11.3 Å². The van der Waals surface area contributed by atoms with Gasteiger partial charge in [0.2, 0.25) is 0 Å². The summed E-state index contributed by atoms with van der Waals surface area (Å²) in [6.45, 7) is 0.541. The molecule has 0 amide bonds. The SMILES string of the molecule is O=C(OCCCCI)c1cccs1. The Balaban J connectivity index is 2.19. The summed E-state index contributed by atoms with van der Waals surface area (Å²) in [5.74, 6) is -0.191. The summed E-state index contributed by atoms with van der Waals surface area (Å²) < 4.78 is 6.18. The Morgan fingerprint density at radius 2 is 2.38 bits per heavy atom. The molecule has 0 aliphatic heterocycles. The standard InChI is InChI=1S/C9H11IO2S/c10-5-1-2-6-12-9(11)8-4-3-7-13-8/h3-4,7H,1-2,5-6H2. The zero-order valence-electron chi connectivity index (χ0n) is 7.16. The molecule has 0 saturated heterocycles. The molecule has 4 heteroatoms. The van der Waals surface area contributed by atoms with Crippen LogP contribution in [0.1, 0.15) is 22.5 Å². The van der Waals surface area contributed by atoms with Crippen molar-refractivity contribution in [2.45, 2.75) is 12.8 Å². The molecule has 2 nitrogen and oxygen atoms in total. The third kappa shape index (κ3) is 4.08. The molecule has 1 aromatic heterocycles. The van der Waals surface area contributed by atoms with Crippen LogP contribution in [0.3, 0.4) is 0 Å². The lowest BCUT2D eigenvalue weighted by molar-refractivity contribution is 0.0506. The van der Waals surface area contributed by atoms with Crippen LogP contribution < -0.4 is 0 Å². The summed E-state index contributed by atoms with van der Waals surface area (Å²) >= 11 is 3.74. The summed E-state index contributed by atoms with van der Waals surface area (Å²) in [6, 6.07) is 3.64. The van der Waals surface area contributed by atoms with Crippen LogP contribution in [0.25, 0.3) is 0 Å². The number of alkyl halides is 1. The Bertz CT molecular complexity index is 246. The molecule has 13 heavy (non-hydrogen) atoms. The predicted octanol–water partition coefficient (Wildman–Crippen LogP) is 3.12. The van der Waals surface area contributed by atoms with Crippen LogP contribution in [-0.2, 0) is 4.74 Å². The van der Waals surface area contributed by atoms with E-state index in [-0.39, 0.29) is 5.97 Å². The van der Waals surface area contributed by atoms with Gasteiger partial charge in [0.25, 0.3) is 0 Å². The molecule has 0 radical (unpaired) electrons. The molecule has 0 aliphatic rings. The van der Waals surface area contributed by atoms with Gasteiger partial charge in [-0.2, -0.15) is 0 Å². The topological polar surface area (TPSA) is 26.3 Å². The van der Waals surface area contributed by atoms with Crippen LogP contribution in [0.4, 0.5) is 0 Å². The molecule has 0 spiro atoms. The Labute approximate surface area is 95.4 Å². The minimum atomic E-state index is -0.191. The van der Waals surface area contributed by atoms with Gasteiger partial charge >= 0.3 is 5.97 Å². The van der Waals surface area contributed by atoms with Crippen LogP contribution in [0.15, 0.2) is 17.5 Å². The van der Waals surface area contributed by atoms with Gasteiger partial charge in [0.05, 0.1) is 6.61 Å². The minimum absolute atomic E-state index is 0.191. The number of thiophene rings is 1. The van der Waals surface area contributed by atoms with Gasteiger partial charge in [-0.25, -0.2) is 4.79 Å². The predicted molar refractivity (Wildman–Crippen MR) is 62.7 cm³/mol. The number of hydrogen-bond donors (Lipinski definition) is 0. The highest BCUT2D eigenvalue weighted by Gasteiger charge is 2.06. The third-order valence-electron chi connectivity index (χ3n) is 1.48. The van der Waals surface area contributed by atoms with Crippen molar-refractivity contribution in [1.82, 2.24) is 0 Å². The largest absolute Gasteiger partial charge is 0.462 e. The number of ether oxygens (including phenoxy) is 1. The second-order valence-corrected chi connectivity index (χ2v) is 4.54. The van der Waals surface area contributed by atoms with Gasteiger partial charge in [0.15, 0.2) is 0 Å². The van der Waals surface area contributed by atoms with Gasteiger partial charge in [-0.15, -0.1) is 11.3 Å². The molecule has 1 rings (SSSR count). The Kier molecular flexibility index (Phi) is 5.38. The summed E-state index contributed by atoms with van der Waals surface area (Å²) in [4.78, 5) is 11.9. The molecule has 0 aromatic carbocycles. The molecule has 0 N–H and O–H groups in total. The second kappa shape index (κ2) is 6.37. The van der Waals surface area contributed by atoms with Crippen molar-refractivity contribution in [1.29, 1.82) is 0 Å². The van der Waals surface area contributed by atoms with Crippen molar-refractivity contribution in [3.63, 3.8) is 0 Å². The molecule has 1 aromatic rings. The number of hydrogen-bond acceptors (Lipinski definition) is 3. The number of rotatable bonds is 5. The summed E-state index contributed by atoms with van der Waals surface area (Å²) in [7, 11) is 0. The van der Waals surface area contributed by atoms with E-state index in [4.69, 9.17) is 4.74 Å².